The molecule has 0 radical (unpaired) electrons. The standard InChI is InChI=1S/C18H20N6S/c1-23-8-10-24(11-9-23)14-5-7-20-17(12-14)22-18-21-16(13-25-18)15-4-2-3-6-19-15/h2-7,12-13H,8-11H2,1H3,(H,20,21,22). The summed E-state index contributed by atoms with van der Waals surface area (Å²) in [4.78, 5) is 18.1. The number of pyridine rings is 2. The normalized spacial score (nSPS) is 15.3. The first-order chi connectivity index (χ1) is 12.3. The average Bonchev–Trinajstić information content (AvgIpc) is 3.12. The van der Waals surface area contributed by atoms with Crippen molar-refractivity contribution < 1.29 is 0 Å². The first-order valence-corrected chi connectivity index (χ1v) is 9.19. The fourth-order valence-electron chi connectivity index (χ4n) is 2.82. The molecule has 0 saturated carbocycles. The van der Waals surface area contributed by atoms with E-state index in [1.165, 1.54) is 5.69 Å². The van der Waals surface area contributed by atoms with E-state index in [0.717, 1.165) is 48.5 Å². The van der Waals surface area contributed by atoms with E-state index >= 15 is 0 Å². The van der Waals surface area contributed by atoms with Gasteiger partial charge in [0.25, 0.3) is 0 Å². The lowest BCUT2D eigenvalue weighted by atomic mass is 10.2. The fourth-order valence-corrected chi connectivity index (χ4v) is 3.53. The number of hydrogen-bond donors (Lipinski definition) is 1. The second-order valence-electron chi connectivity index (χ2n) is 6.07. The molecule has 1 N–H and O–H groups in total. The highest BCUT2D eigenvalue weighted by Gasteiger charge is 2.15. The predicted molar refractivity (Wildman–Crippen MR) is 103 cm³/mol. The summed E-state index contributed by atoms with van der Waals surface area (Å²) in [7, 11) is 2.17. The van der Waals surface area contributed by atoms with Crippen LogP contribution in [0.2, 0.25) is 0 Å². The van der Waals surface area contributed by atoms with Gasteiger partial charge in [-0.15, -0.1) is 11.3 Å². The van der Waals surface area contributed by atoms with Gasteiger partial charge in [-0.05, 0) is 25.2 Å². The molecule has 3 aromatic heterocycles. The number of likely N-dealkylation sites (N-methyl/N-ethyl adjacent to an activating group) is 1. The maximum absolute atomic E-state index is 4.61. The maximum Gasteiger partial charge on any atom is 0.188 e. The Balaban J connectivity index is 1.48. The van der Waals surface area contributed by atoms with Crippen LogP contribution in [0.15, 0.2) is 48.1 Å². The van der Waals surface area contributed by atoms with E-state index in [-0.39, 0.29) is 0 Å². The van der Waals surface area contributed by atoms with Gasteiger partial charge in [0.1, 0.15) is 11.5 Å². The number of aromatic nitrogens is 3. The second kappa shape index (κ2) is 7.16. The maximum atomic E-state index is 4.61. The molecule has 25 heavy (non-hydrogen) atoms. The van der Waals surface area contributed by atoms with Gasteiger partial charge in [0.15, 0.2) is 5.13 Å². The van der Waals surface area contributed by atoms with Gasteiger partial charge >= 0.3 is 0 Å². The lowest BCUT2D eigenvalue weighted by Crippen LogP contribution is -2.44. The minimum Gasteiger partial charge on any atom is -0.369 e. The molecule has 128 valence electrons. The minimum atomic E-state index is 0.818. The van der Waals surface area contributed by atoms with Crippen LogP contribution < -0.4 is 10.2 Å². The van der Waals surface area contributed by atoms with E-state index in [2.05, 4.69) is 49.2 Å². The molecule has 1 aliphatic heterocycles. The Morgan fingerprint density at radius 1 is 1.00 bits per heavy atom. The molecule has 1 aliphatic rings. The SMILES string of the molecule is CN1CCN(c2ccnc(Nc3nc(-c4ccccn4)cs3)c2)CC1. The third-order valence-corrected chi connectivity index (χ3v) is 5.04. The summed E-state index contributed by atoms with van der Waals surface area (Å²) < 4.78 is 0. The summed E-state index contributed by atoms with van der Waals surface area (Å²) in [5, 5.41) is 6.15. The molecule has 0 spiro atoms. The van der Waals surface area contributed by atoms with Crippen molar-refractivity contribution >= 4 is 28.0 Å². The molecule has 0 atom stereocenters. The Kier molecular flexibility index (Phi) is 4.58. The second-order valence-corrected chi connectivity index (χ2v) is 6.93. The molecule has 0 bridgehead atoms. The van der Waals surface area contributed by atoms with E-state index in [4.69, 9.17) is 0 Å². The van der Waals surface area contributed by atoms with Gasteiger partial charge in [-0.2, -0.15) is 0 Å². The van der Waals surface area contributed by atoms with Crippen molar-refractivity contribution in [3.05, 3.63) is 48.1 Å². The lowest BCUT2D eigenvalue weighted by molar-refractivity contribution is 0.313. The quantitative estimate of drug-likeness (QED) is 0.779. The van der Waals surface area contributed by atoms with Crippen LogP contribution in [0, 0.1) is 0 Å². The molecular formula is C18H20N6S. The van der Waals surface area contributed by atoms with Gasteiger partial charge in [-0.25, -0.2) is 9.97 Å². The van der Waals surface area contributed by atoms with Crippen LogP contribution in [-0.4, -0.2) is 53.1 Å². The number of anilines is 3. The van der Waals surface area contributed by atoms with E-state index in [1.54, 1.807) is 17.5 Å². The Morgan fingerprint density at radius 3 is 2.68 bits per heavy atom. The van der Waals surface area contributed by atoms with Crippen molar-refractivity contribution in [1.29, 1.82) is 0 Å². The van der Waals surface area contributed by atoms with E-state index < -0.39 is 0 Å². The monoisotopic (exact) mass is 352 g/mol. The van der Waals surface area contributed by atoms with Gasteiger partial charge in [-0.1, -0.05) is 6.07 Å². The topological polar surface area (TPSA) is 57.2 Å². The number of nitrogens with one attached hydrogen (secondary N) is 1. The van der Waals surface area contributed by atoms with Gasteiger partial charge in [-0.3, -0.25) is 4.98 Å². The molecule has 0 unspecified atom stereocenters. The van der Waals surface area contributed by atoms with Crippen molar-refractivity contribution in [3.8, 4) is 11.4 Å². The molecule has 4 rings (SSSR count). The van der Waals surface area contributed by atoms with E-state index in [9.17, 15) is 0 Å². The molecule has 0 aromatic carbocycles. The zero-order valence-electron chi connectivity index (χ0n) is 14.1. The van der Waals surface area contributed by atoms with Crippen LogP contribution in [0.1, 0.15) is 0 Å². The third kappa shape index (κ3) is 3.78. The van der Waals surface area contributed by atoms with Crippen LogP contribution in [0.5, 0.6) is 0 Å². The molecule has 3 aromatic rings. The minimum absolute atomic E-state index is 0.818. The smallest absolute Gasteiger partial charge is 0.188 e. The van der Waals surface area contributed by atoms with Crippen molar-refractivity contribution in [2.45, 2.75) is 0 Å². The number of piperazine rings is 1. The highest BCUT2D eigenvalue weighted by atomic mass is 32.1. The first-order valence-electron chi connectivity index (χ1n) is 8.31. The van der Waals surface area contributed by atoms with Crippen molar-refractivity contribution in [1.82, 2.24) is 19.9 Å². The number of nitrogens with zero attached hydrogens (tertiary/aromatic N) is 5. The Bertz CT molecular complexity index is 826. The van der Waals surface area contributed by atoms with Crippen LogP contribution in [0.25, 0.3) is 11.4 Å². The summed E-state index contributed by atoms with van der Waals surface area (Å²) >= 11 is 1.56. The van der Waals surface area contributed by atoms with Crippen LogP contribution in [0.3, 0.4) is 0 Å². The zero-order valence-corrected chi connectivity index (χ0v) is 14.9. The number of thiazole rings is 1. The highest BCUT2D eigenvalue weighted by molar-refractivity contribution is 7.14. The van der Waals surface area contributed by atoms with Crippen LogP contribution in [-0.2, 0) is 0 Å². The molecule has 1 fully saturated rings. The van der Waals surface area contributed by atoms with E-state index in [0.29, 0.717) is 0 Å². The largest absolute Gasteiger partial charge is 0.369 e. The lowest BCUT2D eigenvalue weighted by Gasteiger charge is -2.34. The van der Waals surface area contributed by atoms with Crippen molar-refractivity contribution in [2.75, 3.05) is 43.4 Å². The number of hydrogen-bond acceptors (Lipinski definition) is 7. The molecule has 1 saturated heterocycles. The predicted octanol–water partition coefficient (Wildman–Crippen LogP) is 3.10. The van der Waals surface area contributed by atoms with Crippen LogP contribution in [0.4, 0.5) is 16.6 Å². The summed E-state index contributed by atoms with van der Waals surface area (Å²) in [5.74, 6) is 0.818. The van der Waals surface area contributed by atoms with Gasteiger partial charge < -0.3 is 15.1 Å². The average molecular weight is 352 g/mol. The zero-order chi connectivity index (χ0) is 17.1. The molecule has 4 heterocycles. The summed E-state index contributed by atoms with van der Waals surface area (Å²) in [6.45, 7) is 4.26. The molecule has 0 aliphatic carbocycles. The highest BCUT2D eigenvalue weighted by Crippen LogP contribution is 2.26. The van der Waals surface area contributed by atoms with Crippen molar-refractivity contribution in [2.24, 2.45) is 0 Å². The molecule has 6 nitrogen and oxygen atoms in total. The summed E-state index contributed by atoms with van der Waals surface area (Å²) in [6, 6.07) is 9.99. The fraction of sp³-hybridized carbons (Fsp3) is 0.278. The van der Waals surface area contributed by atoms with E-state index in [1.807, 2.05) is 29.8 Å². The van der Waals surface area contributed by atoms with Crippen molar-refractivity contribution in [3.63, 3.8) is 0 Å². The Morgan fingerprint density at radius 2 is 1.88 bits per heavy atom. The molecular weight excluding hydrogens is 332 g/mol. The van der Waals surface area contributed by atoms with Gasteiger partial charge in [0.05, 0.1) is 5.69 Å². The first kappa shape index (κ1) is 16.0. The Hall–Kier alpha value is -2.51. The number of rotatable bonds is 4. The molecule has 0 amide bonds. The summed E-state index contributed by atoms with van der Waals surface area (Å²) in [5.41, 5.74) is 2.96. The molecule has 7 heteroatoms. The Labute approximate surface area is 151 Å². The van der Waals surface area contributed by atoms with Crippen LogP contribution >= 0.6 is 11.3 Å². The van der Waals surface area contributed by atoms with Gasteiger partial charge in [0.2, 0.25) is 0 Å². The third-order valence-electron chi connectivity index (χ3n) is 4.28. The summed E-state index contributed by atoms with van der Waals surface area (Å²) in [6.07, 6.45) is 3.63. The van der Waals surface area contributed by atoms with Gasteiger partial charge in [0, 0.05) is 55.7 Å².